The number of amides is 3. The first-order valence-electron chi connectivity index (χ1n) is 10.3. The quantitative estimate of drug-likeness (QED) is 0.703. The number of ether oxygens (including phenoxy) is 2. The predicted octanol–water partition coefficient (Wildman–Crippen LogP) is 1.65. The second-order valence-corrected chi connectivity index (χ2v) is 8.51. The lowest BCUT2D eigenvalue weighted by Crippen LogP contribution is -2.42. The molecule has 4 rings (SSSR count). The first kappa shape index (κ1) is 21.3. The van der Waals surface area contributed by atoms with E-state index in [0.717, 1.165) is 4.88 Å². The van der Waals surface area contributed by atoms with Crippen LogP contribution in [0.5, 0.6) is 5.75 Å². The molecule has 2 aliphatic heterocycles. The minimum absolute atomic E-state index is 0.0333. The molecule has 0 unspecified atom stereocenters. The van der Waals surface area contributed by atoms with Crippen molar-refractivity contribution in [1.82, 2.24) is 10.2 Å². The van der Waals surface area contributed by atoms with Crippen molar-refractivity contribution in [2.24, 2.45) is 5.92 Å². The highest BCUT2D eigenvalue weighted by Crippen LogP contribution is 2.27. The summed E-state index contributed by atoms with van der Waals surface area (Å²) in [6, 6.07) is 10.9. The van der Waals surface area contributed by atoms with Gasteiger partial charge in [0, 0.05) is 36.6 Å². The fraction of sp³-hybridized carbons (Fsp3) is 0.409. The molecule has 31 heavy (non-hydrogen) atoms. The Labute approximate surface area is 184 Å². The zero-order valence-corrected chi connectivity index (χ0v) is 17.9. The fourth-order valence-corrected chi connectivity index (χ4v) is 4.28. The zero-order valence-electron chi connectivity index (χ0n) is 17.1. The molecule has 1 atom stereocenters. The number of hydrogen-bond donors (Lipinski definition) is 1. The van der Waals surface area contributed by atoms with Crippen molar-refractivity contribution in [1.29, 1.82) is 0 Å². The third-order valence-corrected chi connectivity index (χ3v) is 6.26. The van der Waals surface area contributed by atoms with Crippen LogP contribution in [0.25, 0.3) is 0 Å². The van der Waals surface area contributed by atoms with Crippen LogP contribution in [-0.2, 0) is 25.7 Å². The Bertz CT molecular complexity index is 910. The van der Waals surface area contributed by atoms with E-state index in [1.54, 1.807) is 45.4 Å². The summed E-state index contributed by atoms with van der Waals surface area (Å²) in [6.45, 7) is 3.07. The van der Waals surface area contributed by atoms with Crippen molar-refractivity contribution < 1.29 is 23.9 Å². The molecule has 0 aliphatic carbocycles. The molecular formula is C22H25N3O5S. The molecule has 2 aromatic rings. The van der Waals surface area contributed by atoms with Gasteiger partial charge in [0.05, 0.1) is 25.7 Å². The van der Waals surface area contributed by atoms with E-state index in [2.05, 4.69) is 5.32 Å². The molecule has 2 fully saturated rings. The van der Waals surface area contributed by atoms with Crippen LogP contribution in [0.15, 0.2) is 41.8 Å². The molecule has 2 saturated heterocycles. The van der Waals surface area contributed by atoms with Gasteiger partial charge in [-0.2, -0.15) is 0 Å². The van der Waals surface area contributed by atoms with Crippen LogP contribution in [-0.4, -0.2) is 62.1 Å². The molecule has 0 spiro atoms. The van der Waals surface area contributed by atoms with E-state index in [1.807, 2.05) is 17.5 Å². The van der Waals surface area contributed by atoms with Gasteiger partial charge in [-0.1, -0.05) is 6.07 Å². The molecule has 3 amide bonds. The molecule has 8 nitrogen and oxygen atoms in total. The van der Waals surface area contributed by atoms with Gasteiger partial charge >= 0.3 is 0 Å². The Morgan fingerprint density at radius 1 is 1.16 bits per heavy atom. The first-order valence-corrected chi connectivity index (χ1v) is 11.2. The largest absolute Gasteiger partial charge is 0.484 e. The number of rotatable bonds is 7. The summed E-state index contributed by atoms with van der Waals surface area (Å²) in [4.78, 5) is 41.5. The summed E-state index contributed by atoms with van der Waals surface area (Å²) >= 11 is 1.59. The van der Waals surface area contributed by atoms with E-state index in [0.29, 0.717) is 50.8 Å². The summed E-state index contributed by atoms with van der Waals surface area (Å²) < 4.78 is 10.8. The number of morpholine rings is 1. The van der Waals surface area contributed by atoms with E-state index in [9.17, 15) is 14.4 Å². The Morgan fingerprint density at radius 2 is 1.94 bits per heavy atom. The van der Waals surface area contributed by atoms with Gasteiger partial charge in [-0.05, 0) is 35.7 Å². The number of hydrogen-bond acceptors (Lipinski definition) is 6. The summed E-state index contributed by atoms with van der Waals surface area (Å²) in [5.74, 6) is -0.0615. The number of thiophene rings is 1. The van der Waals surface area contributed by atoms with E-state index in [-0.39, 0.29) is 36.7 Å². The third-order valence-electron chi connectivity index (χ3n) is 5.39. The van der Waals surface area contributed by atoms with E-state index in [4.69, 9.17) is 9.47 Å². The van der Waals surface area contributed by atoms with E-state index >= 15 is 0 Å². The Kier molecular flexibility index (Phi) is 6.83. The first-order chi connectivity index (χ1) is 15.1. The molecule has 1 aromatic carbocycles. The van der Waals surface area contributed by atoms with Gasteiger partial charge in [0.25, 0.3) is 5.91 Å². The number of benzene rings is 1. The van der Waals surface area contributed by atoms with Crippen molar-refractivity contribution in [2.75, 3.05) is 44.4 Å². The second kappa shape index (κ2) is 9.93. The van der Waals surface area contributed by atoms with Crippen LogP contribution in [0.3, 0.4) is 0 Å². The third kappa shape index (κ3) is 5.42. The number of anilines is 1. The number of carbonyl (C=O) groups is 3. The van der Waals surface area contributed by atoms with Crippen molar-refractivity contribution in [3.05, 3.63) is 46.7 Å². The maximum Gasteiger partial charge on any atom is 0.260 e. The van der Waals surface area contributed by atoms with Gasteiger partial charge in [-0.3, -0.25) is 14.4 Å². The van der Waals surface area contributed by atoms with Crippen LogP contribution < -0.4 is 15.0 Å². The molecule has 3 heterocycles. The normalized spacial score (nSPS) is 18.8. The number of nitrogens with one attached hydrogen (secondary N) is 1. The lowest BCUT2D eigenvalue weighted by Gasteiger charge is -2.26. The van der Waals surface area contributed by atoms with Crippen LogP contribution in [0.1, 0.15) is 11.3 Å². The van der Waals surface area contributed by atoms with Crippen LogP contribution in [0.4, 0.5) is 5.69 Å². The molecule has 0 bridgehead atoms. The molecule has 2 aliphatic rings. The number of nitrogens with zero attached hydrogens (tertiary/aromatic N) is 2. The molecule has 164 valence electrons. The van der Waals surface area contributed by atoms with Gasteiger partial charge in [-0.15, -0.1) is 11.3 Å². The maximum atomic E-state index is 12.5. The summed E-state index contributed by atoms with van der Waals surface area (Å²) in [5.41, 5.74) is 0.713. The molecule has 1 aromatic heterocycles. The second-order valence-electron chi connectivity index (χ2n) is 7.48. The van der Waals surface area contributed by atoms with Crippen molar-refractivity contribution >= 4 is 34.7 Å². The fourth-order valence-electron chi connectivity index (χ4n) is 3.64. The molecule has 0 saturated carbocycles. The van der Waals surface area contributed by atoms with Crippen molar-refractivity contribution in [2.45, 2.75) is 13.0 Å². The highest BCUT2D eigenvalue weighted by atomic mass is 32.1. The lowest BCUT2D eigenvalue weighted by atomic mass is 10.1. The smallest absolute Gasteiger partial charge is 0.260 e. The van der Waals surface area contributed by atoms with E-state index in [1.165, 1.54) is 0 Å². The monoisotopic (exact) mass is 443 g/mol. The minimum Gasteiger partial charge on any atom is -0.484 e. The van der Waals surface area contributed by atoms with E-state index < -0.39 is 0 Å². The lowest BCUT2D eigenvalue weighted by molar-refractivity contribution is -0.137. The molecular weight excluding hydrogens is 418 g/mol. The van der Waals surface area contributed by atoms with Gasteiger partial charge in [0.15, 0.2) is 6.61 Å². The topological polar surface area (TPSA) is 88.2 Å². The van der Waals surface area contributed by atoms with Crippen LogP contribution in [0, 0.1) is 5.92 Å². The van der Waals surface area contributed by atoms with Crippen molar-refractivity contribution in [3.63, 3.8) is 0 Å². The van der Waals surface area contributed by atoms with Gasteiger partial charge < -0.3 is 24.6 Å². The SMILES string of the molecule is O=C(NCc1cccs1)[C@H]1CC(=O)N(c2ccc(OCC(=O)N3CCOCC3)cc2)C1. The molecule has 9 heteroatoms. The summed E-state index contributed by atoms with van der Waals surface area (Å²) in [7, 11) is 0. The maximum absolute atomic E-state index is 12.5. The Hall–Kier alpha value is -2.91. The predicted molar refractivity (Wildman–Crippen MR) is 116 cm³/mol. The van der Waals surface area contributed by atoms with Crippen molar-refractivity contribution in [3.8, 4) is 5.75 Å². The minimum atomic E-state index is -0.366. The highest BCUT2D eigenvalue weighted by Gasteiger charge is 2.35. The summed E-state index contributed by atoms with van der Waals surface area (Å²) in [5, 5.41) is 4.88. The average Bonchev–Trinajstić information content (AvgIpc) is 3.46. The van der Waals surface area contributed by atoms with Crippen LogP contribution >= 0.6 is 11.3 Å². The Morgan fingerprint density at radius 3 is 2.65 bits per heavy atom. The highest BCUT2D eigenvalue weighted by molar-refractivity contribution is 7.09. The number of carbonyl (C=O) groups excluding carboxylic acids is 3. The average molecular weight is 444 g/mol. The van der Waals surface area contributed by atoms with Gasteiger partial charge in [-0.25, -0.2) is 0 Å². The zero-order chi connectivity index (χ0) is 21.6. The standard InChI is InChI=1S/C22H25N3O5S/c26-20-12-16(22(28)23-13-19-2-1-11-31-19)14-25(20)17-3-5-18(6-4-17)30-15-21(27)24-7-9-29-10-8-24/h1-6,11,16H,7-10,12-15H2,(H,23,28)/t16-/m0/s1. The summed E-state index contributed by atoms with van der Waals surface area (Å²) in [6.07, 6.45) is 0.197. The Balaban J connectivity index is 1.27. The van der Waals surface area contributed by atoms with Crippen LogP contribution in [0.2, 0.25) is 0 Å². The van der Waals surface area contributed by atoms with Gasteiger partial charge in [0.1, 0.15) is 5.75 Å². The van der Waals surface area contributed by atoms with Gasteiger partial charge in [0.2, 0.25) is 11.8 Å². The molecule has 0 radical (unpaired) electrons. The molecule has 1 N–H and O–H groups in total.